The lowest BCUT2D eigenvalue weighted by atomic mass is 9.80. The van der Waals surface area contributed by atoms with Crippen LogP contribution >= 0.6 is 0 Å². The maximum atomic E-state index is 10.7. The number of para-hydroxylation sites is 4. The number of hydrogen-bond acceptors (Lipinski definition) is 2. The Bertz CT molecular complexity index is 1270. The van der Waals surface area contributed by atoms with Crippen LogP contribution in [0.1, 0.15) is 76.7 Å². The van der Waals surface area contributed by atoms with E-state index in [1.165, 1.54) is 92.5 Å². The van der Waals surface area contributed by atoms with Gasteiger partial charge in [-0.15, -0.1) is 5.46 Å². The molecule has 4 nitrogen and oxygen atoms in total. The Morgan fingerprint density at radius 3 is 1.04 bits per heavy atom. The fourth-order valence-electron chi connectivity index (χ4n) is 5.24. The van der Waals surface area contributed by atoms with Crippen LogP contribution in [0.25, 0.3) is 0 Å². The van der Waals surface area contributed by atoms with Crippen LogP contribution in [0.3, 0.4) is 0 Å². The van der Waals surface area contributed by atoms with E-state index in [-0.39, 0.29) is 0 Å². The number of hydrogen-bond donors (Lipinski definition) is 2. The van der Waals surface area contributed by atoms with Crippen molar-refractivity contribution >= 4 is 35.3 Å². The van der Waals surface area contributed by atoms with Crippen LogP contribution in [-0.4, -0.2) is 7.12 Å². The topological polar surface area (TPSA) is 79.3 Å². The van der Waals surface area contributed by atoms with Crippen molar-refractivity contribution in [3.8, 4) is 0 Å². The molecule has 0 saturated heterocycles. The summed E-state index contributed by atoms with van der Waals surface area (Å²) < 4.78 is 0. The van der Waals surface area contributed by atoms with Gasteiger partial charge in [0, 0.05) is 0 Å². The molecule has 0 saturated carbocycles. The molecule has 0 aliphatic carbocycles. The van der Waals surface area contributed by atoms with Crippen LogP contribution in [0.4, 0.5) is 22.7 Å². The zero-order chi connectivity index (χ0) is 33.2. The lowest BCUT2D eigenvalue weighted by molar-refractivity contribution is -0.479. The van der Waals surface area contributed by atoms with Crippen LogP contribution in [0.2, 0.25) is 0 Å². The van der Waals surface area contributed by atoms with E-state index >= 15 is 0 Å². The zero-order valence-corrected chi connectivity index (χ0v) is 28.2. The maximum absolute atomic E-state index is 10.7. The molecule has 47 heavy (non-hydrogen) atoms. The highest BCUT2D eigenvalue weighted by Crippen LogP contribution is 2.12. The second kappa shape index (κ2) is 24.2. The molecule has 5 rings (SSSR count). The highest BCUT2D eigenvalue weighted by atomic mass is 16.4. The van der Waals surface area contributed by atoms with Crippen molar-refractivity contribution in [2.24, 2.45) is 0 Å². The van der Waals surface area contributed by atoms with Gasteiger partial charge in [0.25, 0.3) is 0 Å². The van der Waals surface area contributed by atoms with E-state index in [0.29, 0.717) is 5.46 Å². The molecule has 0 atom stereocenters. The number of nitrogens with two attached hydrogens (primary N) is 2. The fourth-order valence-corrected chi connectivity index (χ4v) is 5.24. The second-order valence-electron chi connectivity index (χ2n) is 11.9. The Morgan fingerprint density at radius 1 is 0.404 bits per heavy atom. The predicted octanol–water partition coefficient (Wildman–Crippen LogP) is 6.99. The van der Waals surface area contributed by atoms with Crippen LogP contribution in [0.5, 0.6) is 0 Å². The molecule has 5 aromatic carbocycles. The Morgan fingerprint density at radius 2 is 0.723 bits per heavy atom. The Kier molecular flexibility index (Phi) is 19.3. The monoisotopic (exact) mass is 628 g/mol. The summed E-state index contributed by atoms with van der Waals surface area (Å²) in [7, 11) is -1.85. The highest BCUT2D eigenvalue weighted by molar-refractivity contribution is 6.55. The van der Waals surface area contributed by atoms with E-state index in [1.807, 2.05) is 36.4 Å². The van der Waals surface area contributed by atoms with Gasteiger partial charge in [0.05, 0.1) is 0 Å². The standard InChI is InChI=1S/C18H29BO2.2C12H11N/c1-2-3-4-5-6-7-8-9-10-11-12-17-13-15-18(16-14-17)19(20)21;2*1-3-7-11(8-4-1)13-12-9-5-2-6-10-12/h13-16H,2-12H2,1H3;2*1-10,13H/q-2;;/p+2. The molecular formula is C42H53BN2O2. The zero-order valence-electron chi connectivity index (χ0n) is 28.2. The molecule has 246 valence electrons. The molecule has 0 aliphatic heterocycles. The molecule has 5 heteroatoms. The molecule has 0 unspecified atom stereocenters. The van der Waals surface area contributed by atoms with Crippen LogP contribution in [0.15, 0.2) is 146 Å². The van der Waals surface area contributed by atoms with Gasteiger partial charge < -0.3 is 10.0 Å². The van der Waals surface area contributed by atoms with Gasteiger partial charge in [-0.3, -0.25) is 10.6 Å². The van der Waals surface area contributed by atoms with Crippen LogP contribution in [-0.2, 0) is 6.42 Å². The van der Waals surface area contributed by atoms with Gasteiger partial charge >= 0.3 is 0 Å². The minimum atomic E-state index is -1.85. The first-order chi connectivity index (χ1) is 23.1. The minimum absolute atomic E-state index is 0.349. The summed E-state index contributed by atoms with van der Waals surface area (Å²) in [4.78, 5) is 0. The van der Waals surface area contributed by atoms with Gasteiger partial charge in [-0.05, 0) is 66.9 Å². The third-order valence-corrected chi connectivity index (χ3v) is 7.94. The quantitative estimate of drug-likeness (QED) is 0.0702. The summed E-state index contributed by atoms with van der Waals surface area (Å²) >= 11 is 0. The summed E-state index contributed by atoms with van der Waals surface area (Å²) in [5.41, 5.74) is 6.56. The SMILES string of the molecule is CCCCCCCCCCCCc1ccc(B([O-])[O-])cc1.c1ccc([NH2+]c2ccccc2)cc1.c1ccc([NH2+]c2ccccc2)cc1. The molecule has 0 spiro atoms. The number of benzene rings is 5. The lowest BCUT2D eigenvalue weighted by Gasteiger charge is -2.26. The summed E-state index contributed by atoms with van der Waals surface area (Å²) in [6.07, 6.45) is 14.5. The first-order valence-corrected chi connectivity index (χ1v) is 17.4. The van der Waals surface area contributed by atoms with Gasteiger partial charge in [0.1, 0.15) is 22.7 Å². The second-order valence-corrected chi connectivity index (χ2v) is 11.9. The fraction of sp³-hybridized carbons (Fsp3) is 0.286. The molecule has 0 amide bonds. The summed E-state index contributed by atoms with van der Waals surface area (Å²) in [6, 6.07) is 48.6. The average Bonchev–Trinajstić information content (AvgIpc) is 3.12. The average molecular weight is 629 g/mol. The van der Waals surface area contributed by atoms with E-state index in [9.17, 15) is 10.0 Å². The van der Waals surface area contributed by atoms with Gasteiger partial charge in [0.2, 0.25) is 0 Å². The van der Waals surface area contributed by atoms with E-state index in [1.54, 1.807) is 12.1 Å². The summed E-state index contributed by atoms with van der Waals surface area (Å²) in [5.74, 6) is 0. The Balaban J connectivity index is 0.000000200. The molecule has 0 fully saturated rings. The molecule has 0 heterocycles. The minimum Gasteiger partial charge on any atom is -0.889 e. The first kappa shape index (κ1) is 37.5. The summed E-state index contributed by atoms with van der Waals surface area (Å²) in [6.45, 7) is 2.26. The molecule has 0 aromatic heterocycles. The van der Waals surface area contributed by atoms with Crippen LogP contribution in [0, 0.1) is 0 Å². The van der Waals surface area contributed by atoms with Crippen molar-refractivity contribution in [2.45, 2.75) is 77.6 Å². The molecule has 5 aromatic rings. The van der Waals surface area contributed by atoms with Crippen molar-refractivity contribution in [1.82, 2.24) is 0 Å². The summed E-state index contributed by atoms with van der Waals surface area (Å²) in [5, 5.41) is 25.8. The van der Waals surface area contributed by atoms with Gasteiger partial charge in [-0.2, -0.15) is 0 Å². The largest absolute Gasteiger partial charge is 0.889 e. The van der Waals surface area contributed by atoms with E-state index < -0.39 is 7.12 Å². The Hall–Kier alpha value is -4.00. The molecule has 0 aliphatic rings. The molecule has 4 N–H and O–H groups in total. The van der Waals surface area contributed by atoms with Gasteiger partial charge in [0.15, 0.2) is 0 Å². The molecule has 0 radical (unpaired) electrons. The normalized spacial score (nSPS) is 10.3. The lowest BCUT2D eigenvalue weighted by Crippen LogP contribution is -2.70. The number of aryl methyl sites for hydroxylation is 1. The van der Waals surface area contributed by atoms with Crippen molar-refractivity contribution in [1.29, 1.82) is 0 Å². The number of unbranched alkanes of at least 4 members (excludes halogenated alkanes) is 9. The smallest absolute Gasteiger partial charge is 0.134 e. The van der Waals surface area contributed by atoms with E-state index in [4.69, 9.17) is 0 Å². The first-order valence-electron chi connectivity index (χ1n) is 17.4. The van der Waals surface area contributed by atoms with Gasteiger partial charge in [-0.1, -0.05) is 169 Å². The van der Waals surface area contributed by atoms with E-state index in [2.05, 4.69) is 115 Å². The highest BCUT2D eigenvalue weighted by Gasteiger charge is 1.98. The predicted molar refractivity (Wildman–Crippen MR) is 196 cm³/mol. The third kappa shape index (κ3) is 17.5. The maximum Gasteiger partial charge on any atom is 0.134 e. The van der Waals surface area contributed by atoms with Crippen LogP contribution < -0.4 is 26.1 Å². The van der Waals surface area contributed by atoms with Crippen molar-refractivity contribution in [2.75, 3.05) is 0 Å². The van der Waals surface area contributed by atoms with Crippen molar-refractivity contribution < 1.29 is 20.7 Å². The molecular weight excluding hydrogens is 575 g/mol. The van der Waals surface area contributed by atoms with Gasteiger partial charge in [-0.25, -0.2) is 0 Å². The third-order valence-electron chi connectivity index (χ3n) is 7.94. The Labute approximate surface area is 284 Å². The molecule has 0 bridgehead atoms. The van der Waals surface area contributed by atoms with Crippen molar-refractivity contribution in [3.63, 3.8) is 0 Å². The van der Waals surface area contributed by atoms with E-state index in [0.717, 1.165) is 6.42 Å². The number of rotatable bonds is 16. The number of quaternary nitrogens is 2. The van der Waals surface area contributed by atoms with Crippen molar-refractivity contribution in [3.05, 3.63) is 151 Å².